The number of halogens is 9. The summed E-state index contributed by atoms with van der Waals surface area (Å²) in [5, 5.41) is 23.9. The quantitative estimate of drug-likeness (QED) is 0.371. The molecule has 19 heteroatoms. The number of nitriles is 1. The fourth-order valence-corrected chi connectivity index (χ4v) is 3.93. The van der Waals surface area contributed by atoms with Crippen LogP contribution in [0.25, 0.3) is 22.3 Å². The van der Waals surface area contributed by atoms with Crippen LogP contribution >= 0.6 is 0 Å². The summed E-state index contributed by atoms with van der Waals surface area (Å²) in [6.45, 7) is 7.11. The minimum Gasteiger partial charge on any atom is -0.475 e. The van der Waals surface area contributed by atoms with Gasteiger partial charge in [0.25, 0.3) is 0 Å². The van der Waals surface area contributed by atoms with E-state index in [4.69, 9.17) is 24.8 Å². The molecule has 0 aliphatic carbocycles. The standard InChI is InChI=1S/C22H23F3N6.2C2HF3O2/c1-3-31-19-12-17(15-5-4-6-16(11-15)22(23,24)25)27-18(13-26)21(19)28-20(31)14-30-9-7-29(2)8-10-30;2*3-2(4,5)1(6)7/h4-6,11-12H,3,7-10,14H2,1-2H3;2*(H,6,7). The van der Waals surface area contributed by atoms with Crippen molar-refractivity contribution in [2.75, 3.05) is 33.2 Å². The minimum absolute atomic E-state index is 0.122. The number of aromatic nitrogens is 3. The number of aliphatic carboxylic acids is 2. The zero-order valence-electron chi connectivity index (χ0n) is 23.4. The van der Waals surface area contributed by atoms with Crippen LogP contribution in [0, 0.1) is 11.3 Å². The number of fused-ring (bicyclic) bond motifs is 1. The van der Waals surface area contributed by atoms with Crippen molar-refractivity contribution in [1.82, 2.24) is 24.3 Å². The number of rotatable bonds is 4. The number of carbonyl (C=O) groups is 2. The lowest BCUT2D eigenvalue weighted by Gasteiger charge is -2.32. The molecule has 0 bridgehead atoms. The molecule has 1 aromatic carbocycles. The van der Waals surface area contributed by atoms with E-state index in [1.165, 1.54) is 6.07 Å². The van der Waals surface area contributed by atoms with Gasteiger partial charge in [0, 0.05) is 38.3 Å². The predicted octanol–water partition coefficient (Wildman–Crippen LogP) is 5.02. The summed E-state index contributed by atoms with van der Waals surface area (Å²) in [6, 6.07) is 8.81. The molecule has 1 fully saturated rings. The van der Waals surface area contributed by atoms with E-state index in [1.807, 2.05) is 11.5 Å². The van der Waals surface area contributed by atoms with Crippen molar-refractivity contribution in [3.8, 4) is 17.3 Å². The highest BCUT2D eigenvalue weighted by Crippen LogP contribution is 2.33. The Hall–Kier alpha value is -4.44. The fourth-order valence-electron chi connectivity index (χ4n) is 3.93. The summed E-state index contributed by atoms with van der Waals surface area (Å²) in [7, 11) is 2.10. The normalized spacial score (nSPS) is 14.5. The smallest absolute Gasteiger partial charge is 0.475 e. The van der Waals surface area contributed by atoms with Crippen LogP contribution in [-0.4, -0.2) is 92.1 Å². The molecule has 4 rings (SSSR count). The Morgan fingerprint density at radius 2 is 1.44 bits per heavy atom. The number of piperazine rings is 1. The number of nitrogens with zero attached hydrogens (tertiary/aromatic N) is 6. The van der Waals surface area contributed by atoms with Gasteiger partial charge < -0.3 is 19.7 Å². The largest absolute Gasteiger partial charge is 0.490 e. The van der Waals surface area contributed by atoms with Gasteiger partial charge in [0.2, 0.25) is 0 Å². The number of hydrogen-bond donors (Lipinski definition) is 2. The van der Waals surface area contributed by atoms with E-state index in [1.54, 1.807) is 12.1 Å². The van der Waals surface area contributed by atoms with Gasteiger partial charge in [-0.2, -0.15) is 44.8 Å². The number of carboxylic acid groups (broad SMARTS) is 2. The lowest BCUT2D eigenvalue weighted by atomic mass is 10.1. The summed E-state index contributed by atoms with van der Waals surface area (Å²) in [5.74, 6) is -4.68. The van der Waals surface area contributed by atoms with E-state index in [9.17, 15) is 44.8 Å². The van der Waals surface area contributed by atoms with Gasteiger partial charge in [-0.1, -0.05) is 12.1 Å². The second-order valence-electron chi connectivity index (χ2n) is 9.37. The van der Waals surface area contributed by atoms with Gasteiger partial charge in [-0.15, -0.1) is 0 Å². The molecule has 0 saturated carbocycles. The molecule has 0 atom stereocenters. The highest BCUT2D eigenvalue weighted by atomic mass is 19.4. The molecule has 0 amide bonds. The third-order valence-electron chi connectivity index (χ3n) is 6.17. The predicted molar refractivity (Wildman–Crippen MR) is 139 cm³/mol. The topological polar surface area (TPSA) is 136 Å². The Morgan fingerprint density at radius 3 is 1.89 bits per heavy atom. The lowest BCUT2D eigenvalue weighted by Crippen LogP contribution is -2.44. The summed E-state index contributed by atoms with van der Waals surface area (Å²) >= 11 is 0. The number of pyridine rings is 1. The van der Waals surface area contributed by atoms with Gasteiger partial charge in [0.1, 0.15) is 17.4 Å². The molecule has 246 valence electrons. The molecule has 3 aromatic rings. The number of benzene rings is 1. The molecule has 0 spiro atoms. The zero-order chi connectivity index (χ0) is 34.3. The number of carboxylic acids is 2. The summed E-state index contributed by atoms with van der Waals surface area (Å²) in [5.41, 5.74) is 1.23. The van der Waals surface area contributed by atoms with Gasteiger partial charge in [0.05, 0.1) is 23.3 Å². The van der Waals surface area contributed by atoms with Gasteiger partial charge >= 0.3 is 30.5 Å². The van der Waals surface area contributed by atoms with Crippen molar-refractivity contribution in [3.05, 3.63) is 47.4 Å². The number of alkyl halides is 9. The maximum atomic E-state index is 13.2. The van der Waals surface area contributed by atoms with E-state index in [2.05, 4.69) is 27.9 Å². The number of aryl methyl sites for hydroxylation is 1. The Morgan fingerprint density at radius 1 is 0.911 bits per heavy atom. The van der Waals surface area contributed by atoms with Crippen molar-refractivity contribution in [3.63, 3.8) is 0 Å². The molecule has 0 radical (unpaired) electrons. The van der Waals surface area contributed by atoms with E-state index < -0.39 is 36.0 Å². The van der Waals surface area contributed by atoms with Crippen molar-refractivity contribution in [2.45, 2.75) is 38.5 Å². The Balaban J connectivity index is 0.000000421. The number of likely N-dealkylation sites (N-methyl/N-ethyl adjacent to an activating group) is 1. The van der Waals surface area contributed by atoms with Gasteiger partial charge in [-0.3, -0.25) is 4.90 Å². The molecule has 3 heterocycles. The van der Waals surface area contributed by atoms with Gasteiger partial charge in [-0.05, 0) is 32.2 Å². The monoisotopic (exact) mass is 656 g/mol. The van der Waals surface area contributed by atoms with Crippen LogP contribution in [0.2, 0.25) is 0 Å². The van der Waals surface area contributed by atoms with Crippen LogP contribution < -0.4 is 0 Å². The zero-order valence-corrected chi connectivity index (χ0v) is 23.4. The van der Waals surface area contributed by atoms with Gasteiger partial charge in [0.15, 0.2) is 5.69 Å². The van der Waals surface area contributed by atoms with Crippen LogP contribution in [-0.2, 0) is 28.9 Å². The van der Waals surface area contributed by atoms with Crippen molar-refractivity contribution < 1.29 is 59.3 Å². The first kappa shape index (κ1) is 36.8. The molecule has 1 aliphatic heterocycles. The molecule has 0 unspecified atom stereocenters. The highest BCUT2D eigenvalue weighted by molar-refractivity contribution is 5.85. The molecule has 10 nitrogen and oxygen atoms in total. The molecule has 1 aliphatic rings. The molecule has 2 aromatic heterocycles. The average Bonchev–Trinajstić information content (AvgIpc) is 3.29. The van der Waals surface area contributed by atoms with E-state index in [0.717, 1.165) is 44.1 Å². The molecule has 1 saturated heterocycles. The van der Waals surface area contributed by atoms with E-state index in [-0.39, 0.29) is 5.69 Å². The van der Waals surface area contributed by atoms with Crippen molar-refractivity contribution >= 4 is 23.0 Å². The first-order valence-electron chi connectivity index (χ1n) is 12.7. The molecule has 45 heavy (non-hydrogen) atoms. The lowest BCUT2D eigenvalue weighted by molar-refractivity contribution is -0.193. The van der Waals surface area contributed by atoms with Crippen molar-refractivity contribution in [1.29, 1.82) is 5.26 Å². The third kappa shape index (κ3) is 10.3. The van der Waals surface area contributed by atoms with Crippen LogP contribution in [0.4, 0.5) is 39.5 Å². The first-order valence-corrected chi connectivity index (χ1v) is 12.7. The van der Waals surface area contributed by atoms with E-state index in [0.29, 0.717) is 35.4 Å². The maximum absolute atomic E-state index is 13.2. The SMILES string of the molecule is CCn1c(CN2CCN(C)CC2)nc2c(C#N)nc(-c3cccc(C(F)(F)F)c3)cc21.O=C(O)C(F)(F)F.O=C(O)C(F)(F)F. The maximum Gasteiger partial charge on any atom is 0.490 e. The minimum atomic E-state index is -5.08. The molecule has 2 N–H and O–H groups in total. The summed E-state index contributed by atoms with van der Waals surface area (Å²) < 4.78 is 105. The summed E-state index contributed by atoms with van der Waals surface area (Å²) in [6.07, 6.45) is -14.6. The Labute approximate surface area is 248 Å². The number of hydrogen-bond acceptors (Lipinski definition) is 7. The van der Waals surface area contributed by atoms with Crippen LogP contribution in [0.3, 0.4) is 0 Å². The second-order valence-corrected chi connectivity index (χ2v) is 9.37. The van der Waals surface area contributed by atoms with Crippen LogP contribution in [0.5, 0.6) is 0 Å². The fraction of sp³-hybridized carbons (Fsp3) is 0.423. The second kappa shape index (κ2) is 14.6. The Bertz CT molecular complexity index is 1510. The molecular weight excluding hydrogens is 631 g/mol. The average molecular weight is 657 g/mol. The van der Waals surface area contributed by atoms with Gasteiger partial charge in [-0.25, -0.2) is 19.6 Å². The van der Waals surface area contributed by atoms with Crippen molar-refractivity contribution in [2.24, 2.45) is 0 Å². The first-order chi connectivity index (χ1) is 20.7. The highest BCUT2D eigenvalue weighted by Gasteiger charge is 2.39. The number of imidazole rings is 1. The van der Waals surface area contributed by atoms with E-state index >= 15 is 0 Å². The van der Waals surface area contributed by atoms with Crippen LogP contribution in [0.15, 0.2) is 30.3 Å². The third-order valence-corrected chi connectivity index (χ3v) is 6.17. The van der Waals surface area contributed by atoms with Crippen LogP contribution in [0.1, 0.15) is 24.0 Å². The summed E-state index contributed by atoms with van der Waals surface area (Å²) in [4.78, 5) is 31.4. The molecular formula is C26H25F9N6O4. The Kier molecular flexibility index (Phi) is 11.9.